The molecule has 2 aromatic rings. The molecule has 16 heavy (non-hydrogen) atoms. The van der Waals surface area contributed by atoms with E-state index in [2.05, 4.69) is 9.97 Å². The van der Waals surface area contributed by atoms with E-state index in [1.807, 2.05) is 12.1 Å². The Morgan fingerprint density at radius 2 is 2.19 bits per heavy atom. The van der Waals surface area contributed by atoms with Gasteiger partial charge < -0.3 is 9.84 Å². The third kappa shape index (κ3) is 2.08. The van der Waals surface area contributed by atoms with Crippen molar-refractivity contribution in [3.05, 3.63) is 29.2 Å². The molecule has 0 amide bonds. The van der Waals surface area contributed by atoms with Gasteiger partial charge in [-0.1, -0.05) is 11.6 Å². The molecule has 0 aliphatic carbocycles. The summed E-state index contributed by atoms with van der Waals surface area (Å²) in [6.45, 7) is 0.00576. The molecule has 1 N–H and O–H groups in total. The van der Waals surface area contributed by atoms with Gasteiger partial charge in [0, 0.05) is 17.9 Å². The van der Waals surface area contributed by atoms with Crippen molar-refractivity contribution in [1.29, 1.82) is 0 Å². The van der Waals surface area contributed by atoms with Crippen LogP contribution in [-0.4, -0.2) is 28.8 Å². The third-order valence-corrected chi connectivity index (χ3v) is 2.53. The number of ether oxygens (including phenoxy) is 1. The van der Waals surface area contributed by atoms with E-state index in [1.54, 1.807) is 13.2 Å². The molecule has 1 aromatic carbocycles. The van der Waals surface area contributed by atoms with E-state index in [0.29, 0.717) is 17.4 Å². The molecule has 0 saturated heterocycles. The van der Waals surface area contributed by atoms with Crippen molar-refractivity contribution in [2.75, 3.05) is 13.7 Å². The van der Waals surface area contributed by atoms with Crippen LogP contribution in [0.3, 0.4) is 0 Å². The van der Waals surface area contributed by atoms with Crippen molar-refractivity contribution in [2.45, 2.75) is 6.42 Å². The largest absolute Gasteiger partial charge is 0.497 e. The normalized spacial score (nSPS) is 10.7. The molecular weight excluding hydrogens is 228 g/mol. The smallest absolute Gasteiger partial charge is 0.140 e. The van der Waals surface area contributed by atoms with Crippen LogP contribution in [0.2, 0.25) is 5.15 Å². The van der Waals surface area contributed by atoms with Gasteiger partial charge in [0.05, 0.1) is 19.2 Å². The number of halogens is 1. The second kappa shape index (κ2) is 4.63. The number of fused-ring (bicyclic) bond motifs is 1. The molecule has 0 radical (unpaired) electrons. The Hall–Kier alpha value is -1.39. The minimum atomic E-state index is 0.00576. The highest BCUT2D eigenvalue weighted by Crippen LogP contribution is 2.24. The molecule has 84 valence electrons. The fourth-order valence-corrected chi connectivity index (χ4v) is 1.71. The molecule has 1 aromatic heterocycles. The van der Waals surface area contributed by atoms with Crippen molar-refractivity contribution < 1.29 is 9.84 Å². The van der Waals surface area contributed by atoms with Crippen LogP contribution in [0.4, 0.5) is 0 Å². The zero-order valence-electron chi connectivity index (χ0n) is 8.77. The molecule has 0 spiro atoms. The Morgan fingerprint density at radius 3 is 2.88 bits per heavy atom. The minimum Gasteiger partial charge on any atom is -0.497 e. The van der Waals surface area contributed by atoms with Gasteiger partial charge in [-0.3, -0.25) is 0 Å². The number of methoxy groups -OCH3 is 1. The van der Waals surface area contributed by atoms with E-state index in [1.165, 1.54) is 0 Å². The summed E-state index contributed by atoms with van der Waals surface area (Å²) < 4.78 is 5.11. The molecule has 0 atom stereocenters. The molecule has 0 aliphatic heterocycles. The molecule has 4 nitrogen and oxygen atoms in total. The van der Waals surface area contributed by atoms with Gasteiger partial charge in [-0.25, -0.2) is 9.97 Å². The van der Waals surface area contributed by atoms with E-state index < -0.39 is 0 Å². The quantitative estimate of drug-likeness (QED) is 0.829. The van der Waals surface area contributed by atoms with Crippen molar-refractivity contribution >= 4 is 22.5 Å². The first-order valence-electron chi connectivity index (χ1n) is 4.85. The lowest BCUT2D eigenvalue weighted by Crippen LogP contribution is -1.99. The average Bonchev–Trinajstić information content (AvgIpc) is 2.28. The number of aliphatic hydroxyl groups excluding tert-OH is 1. The maximum atomic E-state index is 8.84. The molecule has 0 unspecified atom stereocenters. The van der Waals surface area contributed by atoms with Gasteiger partial charge in [0.15, 0.2) is 0 Å². The standard InChI is InChI=1S/C11H11ClN2O2/c1-16-7-2-3-8-9(6-7)13-10(4-5-15)14-11(8)12/h2-3,6,15H,4-5H2,1H3. The molecule has 1 heterocycles. The molecule has 0 saturated carbocycles. The topological polar surface area (TPSA) is 55.2 Å². The first-order valence-corrected chi connectivity index (χ1v) is 5.23. The number of hydrogen-bond donors (Lipinski definition) is 1. The van der Waals surface area contributed by atoms with Gasteiger partial charge in [0.1, 0.15) is 16.7 Å². The van der Waals surface area contributed by atoms with Gasteiger partial charge in [-0.05, 0) is 12.1 Å². The third-order valence-electron chi connectivity index (χ3n) is 2.24. The van der Waals surface area contributed by atoms with Crippen LogP contribution in [0.5, 0.6) is 5.75 Å². The fourth-order valence-electron chi connectivity index (χ4n) is 1.45. The Kier molecular flexibility index (Phi) is 3.22. The summed E-state index contributed by atoms with van der Waals surface area (Å²) >= 11 is 6.02. The number of aliphatic hydroxyl groups is 1. The number of hydrogen-bond acceptors (Lipinski definition) is 4. The molecular formula is C11H11ClN2O2. The van der Waals surface area contributed by atoms with Crippen LogP contribution >= 0.6 is 11.6 Å². The van der Waals surface area contributed by atoms with E-state index in [9.17, 15) is 0 Å². The Morgan fingerprint density at radius 1 is 1.38 bits per heavy atom. The van der Waals surface area contributed by atoms with Crippen molar-refractivity contribution in [1.82, 2.24) is 9.97 Å². The van der Waals surface area contributed by atoms with Gasteiger partial charge >= 0.3 is 0 Å². The number of nitrogens with zero attached hydrogens (tertiary/aromatic N) is 2. The maximum absolute atomic E-state index is 8.84. The lowest BCUT2D eigenvalue weighted by Gasteiger charge is -2.05. The lowest BCUT2D eigenvalue weighted by atomic mass is 10.2. The Balaban J connectivity index is 2.58. The molecule has 2 rings (SSSR count). The second-order valence-corrected chi connectivity index (χ2v) is 3.65. The first kappa shape index (κ1) is 11.1. The highest BCUT2D eigenvalue weighted by molar-refractivity contribution is 6.34. The predicted octanol–water partition coefficient (Wildman–Crippen LogP) is 1.83. The summed E-state index contributed by atoms with van der Waals surface area (Å²) in [5.41, 5.74) is 0.725. The zero-order chi connectivity index (χ0) is 11.5. The number of aromatic nitrogens is 2. The van der Waals surface area contributed by atoms with Crippen LogP contribution in [0.1, 0.15) is 5.82 Å². The predicted molar refractivity (Wildman–Crippen MR) is 61.9 cm³/mol. The zero-order valence-corrected chi connectivity index (χ0v) is 9.53. The van der Waals surface area contributed by atoms with E-state index in [-0.39, 0.29) is 6.61 Å². The molecule has 0 aliphatic rings. The summed E-state index contributed by atoms with van der Waals surface area (Å²) in [5, 5.41) is 10.0. The van der Waals surface area contributed by atoms with Gasteiger partial charge in [-0.15, -0.1) is 0 Å². The van der Waals surface area contributed by atoms with Crippen molar-refractivity contribution in [3.63, 3.8) is 0 Å². The van der Waals surface area contributed by atoms with Crippen LogP contribution in [0, 0.1) is 0 Å². The molecule has 0 bridgehead atoms. The Bertz CT molecular complexity index is 517. The van der Waals surface area contributed by atoms with Gasteiger partial charge in [-0.2, -0.15) is 0 Å². The summed E-state index contributed by atoms with van der Waals surface area (Å²) in [7, 11) is 1.60. The first-order chi connectivity index (χ1) is 7.74. The maximum Gasteiger partial charge on any atom is 0.140 e. The van der Waals surface area contributed by atoms with Crippen molar-refractivity contribution in [3.8, 4) is 5.75 Å². The summed E-state index contributed by atoms with van der Waals surface area (Å²) in [6, 6.07) is 5.42. The summed E-state index contributed by atoms with van der Waals surface area (Å²) in [4.78, 5) is 8.40. The van der Waals surface area contributed by atoms with E-state index in [4.69, 9.17) is 21.4 Å². The van der Waals surface area contributed by atoms with Crippen LogP contribution in [-0.2, 0) is 6.42 Å². The van der Waals surface area contributed by atoms with E-state index in [0.717, 1.165) is 16.7 Å². The minimum absolute atomic E-state index is 0.00576. The van der Waals surface area contributed by atoms with Crippen LogP contribution in [0.25, 0.3) is 10.9 Å². The summed E-state index contributed by atoms with van der Waals surface area (Å²) in [5.74, 6) is 1.26. The van der Waals surface area contributed by atoms with Gasteiger partial charge in [0.25, 0.3) is 0 Å². The van der Waals surface area contributed by atoms with Crippen molar-refractivity contribution in [2.24, 2.45) is 0 Å². The highest BCUT2D eigenvalue weighted by Gasteiger charge is 2.06. The monoisotopic (exact) mass is 238 g/mol. The molecule has 0 fully saturated rings. The second-order valence-electron chi connectivity index (χ2n) is 3.29. The van der Waals surface area contributed by atoms with Crippen LogP contribution in [0.15, 0.2) is 18.2 Å². The fraction of sp³-hybridized carbons (Fsp3) is 0.273. The van der Waals surface area contributed by atoms with E-state index >= 15 is 0 Å². The molecule has 5 heteroatoms. The SMILES string of the molecule is COc1ccc2c(Cl)nc(CCO)nc2c1. The number of benzene rings is 1. The Labute approximate surface area is 97.9 Å². The average molecular weight is 239 g/mol. The van der Waals surface area contributed by atoms with Gasteiger partial charge in [0.2, 0.25) is 0 Å². The summed E-state index contributed by atoms with van der Waals surface area (Å²) in [6.07, 6.45) is 0.396. The highest BCUT2D eigenvalue weighted by atomic mass is 35.5. The van der Waals surface area contributed by atoms with Crippen LogP contribution < -0.4 is 4.74 Å². The lowest BCUT2D eigenvalue weighted by molar-refractivity contribution is 0.297. The number of rotatable bonds is 3.